The summed E-state index contributed by atoms with van der Waals surface area (Å²) in [5, 5.41) is 9.44. The first-order valence-electron chi connectivity index (χ1n) is 7.74. The van der Waals surface area contributed by atoms with Crippen LogP contribution in [0, 0.1) is 0 Å². The number of rotatable bonds is 13. The van der Waals surface area contributed by atoms with Gasteiger partial charge in [0.05, 0.1) is 6.61 Å². The fourth-order valence-corrected chi connectivity index (χ4v) is 1.87. The molecule has 0 rings (SSSR count). The largest absolute Gasteiger partial charge is 0.430 e. The molecule has 0 saturated heterocycles. The zero-order valence-electron chi connectivity index (χ0n) is 13.0. The van der Waals surface area contributed by atoms with Gasteiger partial charge in [-0.15, -0.1) is 0 Å². The van der Waals surface area contributed by atoms with Crippen molar-refractivity contribution in [2.75, 3.05) is 6.61 Å². The van der Waals surface area contributed by atoms with E-state index in [4.69, 9.17) is 9.47 Å². The topological polar surface area (TPSA) is 55.8 Å². The molecule has 0 aromatic rings. The first-order valence-corrected chi connectivity index (χ1v) is 7.74. The summed E-state index contributed by atoms with van der Waals surface area (Å²) >= 11 is 0. The van der Waals surface area contributed by atoms with E-state index in [9.17, 15) is 9.90 Å². The molecule has 0 bridgehead atoms. The van der Waals surface area contributed by atoms with E-state index in [1.54, 1.807) is 0 Å². The van der Waals surface area contributed by atoms with Crippen molar-refractivity contribution < 1.29 is 19.4 Å². The monoisotopic (exact) mass is 286 g/mol. The second-order valence-corrected chi connectivity index (χ2v) is 5.10. The smallest absolute Gasteiger partial charge is 0.332 e. The summed E-state index contributed by atoms with van der Waals surface area (Å²) in [4.78, 5) is 11.1. The molecule has 0 amide bonds. The Morgan fingerprint density at radius 1 is 1.15 bits per heavy atom. The average Bonchev–Trinajstić information content (AvgIpc) is 2.43. The minimum Gasteiger partial charge on any atom is -0.430 e. The molecule has 0 aliphatic carbocycles. The van der Waals surface area contributed by atoms with E-state index >= 15 is 0 Å². The Morgan fingerprint density at radius 3 is 2.20 bits per heavy atom. The molecule has 0 heterocycles. The SMILES string of the molecule is C=CC(=O)OC(OCCCCCCCCCC)C(C)O. The van der Waals surface area contributed by atoms with Crippen molar-refractivity contribution >= 4 is 5.97 Å². The molecule has 0 fully saturated rings. The lowest BCUT2D eigenvalue weighted by Crippen LogP contribution is -2.31. The zero-order valence-corrected chi connectivity index (χ0v) is 13.0. The van der Waals surface area contributed by atoms with Gasteiger partial charge < -0.3 is 14.6 Å². The average molecular weight is 286 g/mol. The van der Waals surface area contributed by atoms with Crippen LogP contribution in [0.15, 0.2) is 12.7 Å². The Balaban J connectivity index is 3.54. The maximum atomic E-state index is 11.1. The first-order chi connectivity index (χ1) is 9.61. The standard InChI is InChI=1S/C16H30O4/c1-4-6-7-8-9-10-11-12-13-19-16(14(3)17)20-15(18)5-2/h5,14,16-17H,2,4,6-13H2,1,3H3. The summed E-state index contributed by atoms with van der Waals surface area (Å²) in [6.45, 7) is 7.56. The second kappa shape index (κ2) is 13.1. The summed E-state index contributed by atoms with van der Waals surface area (Å²) in [5.74, 6) is -0.577. The number of unbranched alkanes of at least 4 members (excludes halogenated alkanes) is 7. The molecular formula is C16H30O4. The van der Waals surface area contributed by atoms with Crippen LogP contribution in [0.25, 0.3) is 0 Å². The Labute approximate surface area is 123 Å². The van der Waals surface area contributed by atoms with Crippen molar-refractivity contribution in [2.45, 2.75) is 77.6 Å². The Kier molecular flexibility index (Phi) is 12.6. The normalized spacial score (nSPS) is 13.8. The molecule has 20 heavy (non-hydrogen) atoms. The van der Waals surface area contributed by atoms with Gasteiger partial charge in [-0.3, -0.25) is 0 Å². The van der Waals surface area contributed by atoms with Crippen molar-refractivity contribution in [2.24, 2.45) is 0 Å². The molecule has 0 aromatic heterocycles. The zero-order chi connectivity index (χ0) is 15.2. The van der Waals surface area contributed by atoms with Gasteiger partial charge in [-0.1, -0.05) is 58.4 Å². The highest BCUT2D eigenvalue weighted by Crippen LogP contribution is 2.09. The molecule has 0 aliphatic heterocycles. The summed E-state index contributed by atoms with van der Waals surface area (Å²) in [5.41, 5.74) is 0. The molecule has 0 aromatic carbocycles. The highest BCUT2D eigenvalue weighted by molar-refractivity contribution is 5.81. The molecule has 2 unspecified atom stereocenters. The van der Waals surface area contributed by atoms with Gasteiger partial charge in [0.25, 0.3) is 0 Å². The number of aliphatic hydroxyl groups is 1. The maximum Gasteiger partial charge on any atom is 0.332 e. The van der Waals surface area contributed by atoms with Crippen LogP contribution in [0.5, 0.6) is 0 Å². The molecule has 0 aliphatic rings. The van der Waals surface area contributed by atoms with Crippen molar-refractivity contribution in [1.82, 2.24) is 0 Å². The van der Waals surface area contributed by atoms with Gasteiger partial charge in [0.2, 0.25) is 6.29 Å². The van der Waals surface area contributed by atoms with Crippen molar-refractivity contribution in [1.29, 1.82) is 0 Å². The van der Waals surface area contributed by atoms with E-state index in [0.717, 1.165) is 18.9 Å². The number of esters is 1. The van der Waals surface area contributed by atoms with Gasteiger partial charge in [0.1, 0.15) is 6.10 Å². The summed E-state index contributed by atoms with van der Waals surface area (Å²) in [7, 11) is 0. The molecular weight excluding hydrogens is 256 g/mol. The molecule has 118 valence electrons. The van der Waals surface area contributed by atoms with Crippen molar-refractivity contribution in [3.63, 3.8) is 0 Å². The van der Waals surface area contributed by atoms with Crippen LogP contribution in [0.1, 0.15) is 65.2 Å². The maximum absolute atomic E-state index is 11.1. The van der Waals surface area contributed by atoms with Crippen LogP contribution in [0.2, 0.25) is 0 Å². The number of carbonyl (C=O) groups excluding carboxylic acids is 1. The lowest BCUT2D eigenvalue weighted by Gasteiger charge is -2.20. The molecule has 2 atom stereocenters. The number of ether oxygens (including phenoxy) is 2. The van der Waals surface area contributed by atoms with Gasteiger partial charge in [0, 0.05) is 6.08 Å². The predicted molar refractivity (Wildman–Crippen MR) is 80.3 cm³/mol. The van der Waals surface area contributed by atoms with Crippen LogP contribution < -0.4 is 0 Å². The Hall–Kier alpha value is -0.870. The third-order valence-electron chi connectivity index (χ3n) is 3.07. The summed E-state index contributed by atoms with van der Waals surface area (Å²) in [6, 6.07) is 0. The van der Waals surface area contributed by atoms with Gasteiger partial charge in [-0.05, 0) is 13.3 Å². The van der Waals surface area contributed by atoms with Gasteiger partial charge in [-0.25, -0.2) is 4.79 Å². The fourth-order valence-electron chi connectivity index (χ4n) is 1.87. The predicted octanol–water partition coefficient (Wildman–Crippen LogP) is 3.58. The van der Waals surface area contributed by atoms with Gasteiger partial charge in [0.15, 0.2) is 0 Å². The van der Waals surface area contributed by atoms with E-state index in [-0.39, 0.29) is 0 Å². The molecule has 1 N–H and O–H groups in total. The van der Waals surface area contributed by atoms with E-state index in [1.807, 2.05) is 0 Å². The van der Waals surface area contributed by atoms with E-state index in [2.05, 4.69) is 13.5 Å². The highest BCUT2D eigenvalue weighted by atomic mass is 16.7. The van der Waals surface area contributed by atoms with E-state index < -0.39 is 18.4 Å². The van der Waals surface area contributed by atoms with Crippen LogP contribution in [-0.2, 0) is 14.3 Å². The van der Waals surface area contributed by atoms with Crippen LogP contribution >= 0.6 is 0 Å². The third-order valence-corrected chi connectivity index (χ3v) is 3.07. The lowest BCUT2D eigenvalue weighted by atomic mass is 10.1. The van der Waals surface area contributed by atoms with Gasteiger partial charge in [-0.2, -0.15) is 0 Å². The Morgan fingerprint density at radius 2 is 1.70 bits per heavy atom. The number of hydrogen-bond acceptors (Lipinski definition) is 4. The highest BCUT2D eigenvalue weighted by Gasteiger charge is 2.18. The summed E-state index contributed by atoms with van der Waals surface area (Å²) in [6.07, 6.45) is 9.07. The lowest BCUT2D eigenvalue weighted by molar-refractivity contribution is -0.196. The Bertz CT molecular complexity index is 251. The minimum atomic E-state index is -0.898. The quantitative estimate of drug-likeness (QED) is 0.243. The molecule has 4 heteroatoms. The minimum absolute atomic E-state index is 0.495. The second-order valence-electron chi connectivity index (χ2n) is 5.10. The van der Waals surface area contributed by atoms with Crippen molar-refractivity contribution in [3.8, 4) is 0 Å². The van der Waals surface area contributed by atoms with Crippen LogP contribution in [-0.4, -0.2) is 30.1 Å². The summed E-state index contributed by atoms with van der Waals surface area (Å²) < 4.78 is 10.3. The molecule has 0 saturated carbocycles. The molecule has 4 nitrogen and oxygen atoms in total. The van der Waals surface area contributed by atoms with Crippen LogP contribution in [0.4, 0.5) is 0 Å². The van der Waals surface area contributed by atoms with E-state index in [1.165, 1.54) is 45.4 Å². The van der Waals surface area contributed by atoms with Crippen LogP contribution in [0.3, 0.4) is 0 Å². The fraction of sp³-hybridized carbons (Fsp3) is 0.812. The molecule has 0 spiro atoms. The number of hydrogen-bond donors (Lipinski definition) is 1. The van der Waals surface area contributed by atoms with E-state index in [0.29, 0.717) is 6.61 Å². The molecule has 0 radical (unpaired) electrons. The van der Waals surface area contributed by atoms with Crippen molar-refractivity contribution in [3.05, 3.63) is 12.7 Å². The van der Waals surface area contributed by atoms with Gasteiger partial charge >= 0.3 is 5.97 Å². The first kappa shape index (κ1) is 19.1. The third kappa shape index (κ3) is 11.0. The number of carbonyl (C=O) groups is 1. The number of aliphatic hydroxyl groups excluding tert-OH is 1.